The summed E-state index contributed by atoms with van der Waals surface area (Å²) in [6.45, 7) is 0.764. The Balaban J connectivity index is 1.85. The lowest BCUT2D eigenvalue weighted by Gasteiger charge is -2.10. The summed E-state index contributed by atoms with van der Waals surface area (Å²) < 4.78 is 13.8. The zero-order valence-corrected chi connectivity index (χ0v) is 12.1. The van der Waals surface area contributed by atoms with E-state index in [1.165, 1.54) is 11.6 Å². The van der Waals surface area contributed by atoms with Crippen molar-refractivity contribution in [2.24, 2.45) is 0 Å². The normalized spacial score (nSPS) is 10.4. The fourth-order valence-corrected chi connectivity index (χ4v) is 2.24. The molecule has 0 aromatic heterocycles. The number of benzene rings is 2. The second kappa shape index (κ2) is 6.57. The third kappa shape index (κ3) is 3.96. The highest BCUT2D eigenvalue weighted by atomic mass is 79.9. The van der Waals surface area contributed by atoms with E-state index in [1.807, 2.05) is 18.2 Å². The maximum absolute atomic E-state index is 13.4. The van der Waals surface area contributed by atoms with Crippen LogP contribution in [0.4, 0.5) is 15.8 Å². The molecule has 0 atom stereocenters. The van der Waals surface area contributed by atoms with Crippen molar-refractivity contribution in [1.82, 2.24) is 0 Å². The van der Waals surface area contributed by atoms with E-state index in [4.69, 9.17) is 5.73 Å². The van der Waals surface area contributed by atoms with Crippen LogP contribution in [0.2, 0.25) is 0 Å². The smallest absolute Gasteiger partial charge is 0.139 e. The van der Waals surface area contributed by atoms with Crippen molar-refractivity contribution >= 4 is 27.3 Å². The van der Waals surface area contributed by atoms with Gasteiger partial charge in [-0.3, -0.25) is 0 Å². The first-order valence-corrected chi connectivity index (χ1v) is 6.98. The Hall–Kier alpha value is -1.55. The van der Waals surface area contributed by atoms with Crippen LogP contribution in [0.1, 0.15) is 12.0 Å². The molecule has 2 aromatic carbocycles. The van der Waals surface area contributed by atoms with Crippen LogP contribution in [0.3, 0.4) is 0 Å². The molecule has 0 aliphatic heterocycles. The van der Waals surface area contributed by atoms with Crippen molar-refractivity contribution in [3.63, 3.8) is 0 Å². The van der Waals surface area contributed by atoms with Crippen LogP contribution in [0.5, 0.6) is 0 Å². The average Bonchev–Trinajstić information content (AvgIpc) is 2.41. The zero-order valence-electron chi connectivity index (χ0n) is 10.5. The molecule has 0 fully saturated rings. The van der Waals surface area contributed by atoms with Crippen LogP contribution in [0.15, 0.2) is 46.9 Å². The van der Waals surface area contributed by atoms with Crippen molar-refractivity contribution in [2.75, 3.05) is 17.6 Å². The van der Waals surface area contributed by atoms with Crippen molar-refractivity contribution < 1.29 is 4.39 Å². The van der Waals surface area contributed by atoms with Gasteiger partial charge in [-0.2, -0.15) is 0 Å². The van der Waals surface area contributed by atoms with Gasteiger partial charge in [-0.05, 0) is 40.4 Å². The fourth-order valence-electron chi connectivity index (χ4n) is 1.88. The third-order valence-electron chi connectivity index (χ3n) is 2.89. The summed E-state index contributed by atoms with van der Waals surface area (Å²) in [6.07, 6.45) is 1.97. The Morgan fingerprint density at radius 3 is 2.63 bits per heavy atom. The predicted octanol–water partition coefficient (Wildman–Crippen LogP) is 4.22. The monoisotopic (exact) mass is 322 g/mol. The summed E-state index contributed by atoms with van der Waals surface area (Å²) in [7, 11) is 0. The van der Waals surface area contributed by atoms with E-state index in [1.54, 1.807) is 6.07 Å². The Kier molecular flexibility index (Phi) is 4.80. The molecular weight excluding hydrogens is 307 g/mol. The van der Waals surface area contributed by atoms with E-state index in [0.717, 1.165) is 19.4 Å². The van der Waals surface area contributed by atoms with Crippen molar-refractivity contribution in [1.29, 1.82) is 0 Å². The summed E-state index contributed by atoms with van der Waals surface area (Å²) in [5, 5.41) is 3.17. The highest BCUT2D eigenvalue weighted by Crippen LogP contribution is 2.26. The van der Waals surface area contributed by atoms with Gasteiger partial charge in [0.15, 0.2) is 0 Å². The lowest BCUT2D eigenvalue weighted by atomic mass is 10.1. The highest BCUT2D eigenvalue weighted by molar-refractivity contribution is 9.10. The van der Waals surface area contributed by atoms with E-state index in [-0.39, 0.29) is 5.82 Å². The molecule has 2 aromatic rings. The minimum atomic E-state index is -0.306. The molecular formula is C15H16BrFN2. The molecule has 0 unspecified atom stereocenters. The van der Waals surface area contributed by atoms with E-state index in [2.05, 4.69) is 33.4 Å². The molecule has 19 heavy (non-hydrogen) atoms. The summed E-state index contributed by atoms with van der Waals surface area (Å²) >= 11 is 3.11. The number of rotatable bonds is 5. The zero-order chi connectivity index (χ0) is 13.7. The van der Waals surface area contributed by atoms with Gasteiger partial charge in [0.05, 0.1) is 15.8 Å². The second-order valence-electron chi connectivity index (χ2n) is 4.37. The Morgan fingerprint density at radius 2 is 1.89 bits per heavy atom. The molecule has 0 heterocycles. The van der Waals surface area contributed by atoms with Gasteiger partial charge in [-0.1, -0.05) is 30.3 Å². The van der Waals surface area contributed by atoms with E-state index < -0.39 is 0 Å². The maximum atomic E-state index is 13.4. The topological polar surface area (TPSA) is 38.0 Å². The number of nitrogens with one attached hydrogen (secondary N) is 1. The minimum absolute atomic E-state index is 0.306. The largest absolute Gasteiger partial charge is 0.397 e. The molecule has 4 heteroatoms. The number of anilines is 2. The number of halogens is 2. The quantitative estimate of drug-likeness (QED) is 0.639. The van der Waals surface area contributed by atoms with Gasteiger partial charge in [-0.15, -0.1) is 0 Å². The van der Waals surface area contributed by atoms with E-state index >= 15 is 0 Å². The molecule has 3 N–H and O–H groups in total. The SMILES string of the molecule is Nc1cc(Br)c(F)cc1NCCCc1ccccc1. The molecule has 0 spiro atoms. The molecule has 0 amide bonds. The van der Waals surface area contributed by atoms with Crippen LogP contribution < -0.4 is 11.1 Å². The minimum Gasteiger partial charge on any atom is -0.397 e. The van der Waals surface area contributed by atoms with Gasteiger partial charge >= 0.3 is 0 Å². The third-order valence-corrected chi connectivity index (χ3v) is 3.50. The summed E-state index contributed by atoms with van der Waals surface area (Å²) in [6, 6.07) is 13.3. The average molecular weight is 323 g/mol. The first kappa shape index (κ1) is 13.9. The van der Waals surface area contributed by atoms with Crippen molar-refractivity contribution in [3.8, 4) is 0 Å². The van der Waals surface area contributed by atoms with E-state index in [9.17, 15) is 4.39 Å². The Morgan fingerprint density at radius 1 is 1.16 bits per heavy atom. The van der Waals surface area contributed by atoms with Crippen LogP contribution in [0.25, 0.3) is 0 Å². The lowest BCUT2D eigenvalue weighted by molar-refractivity contribution is 0.621. The predicted molar refractivity (Wildman–Crippen MR) is 81.8 cm³/mol. The lowest BCUT2D eigenvalue weighted by Crippen LogP contribution is -2.06. The Bertz CT molecular complexity index is 543. The van der Waals surface area contributed by atoms with Crippen LogP contribution in [-0.2, 0) is 6.42 Å². The molecule has 2 rings (SSSR count). The number of nitrogen functional groups attached to an aromatic ring is 1. The van der Waals surface area contributed by atoms with Crippen LogP contribution >= 0.6 is 15.9 Å². The standard InChI is InChI=1S/C15H16BrFN2/c16-12-9-14(18)15(10-13(12)17)19-8-4-7-11-5-2-1-3-6-11/h1-3,5-6,9-10,19H,4,7-8,18H2. The van der Waals surface area contributed by atoms with Gasteiger partial charge in [-0.25, -0.2) is 4.39 Å². The molecule has 0 bridgehead atoms. The molecule has 0 aliphatic rings. The molecule has 0 aliphatic carbocycles. The van der Waals surface area contributed by atoms with Crippen molar-refractivity contribution in [3.05, 3.63) is 58.3 Å². The summed E-state index contributed by atoms with van der Waals surface area (Å²) in [4.78, 5) is 0. The van der Waals surface area contributed by atoms with Gasteiger partial charge in [0.2, 0.25) is 0 Å². The van der Waals surface area contributed by atoms with Crippen LogP contribution in [-0.4, -0.2) is 6.54 Å². The maximum Gasteiger partial charge on any atom is 0.139 e. The fraction of sp³-hybridized carbons (Fsp3) is 0.200. The highest BCUT2D eigenvalue weighted by Gasteiger charge is 2.05. The summed E-state index contributed by atoms with van der Waals surface area (Å²) in [5.41, 5.74) is 8.33. The Labute approximate surface area is 121 Å². The first-order valence-electron chi connectivity index (χ1n) is 6.19. The first-order chi connectivity index (χ1) is 9.16. The number of hydrogen-bond donors (Lipinski definition) is 2. The summed E-state index contributed by atoms with van der Waals surface area (Å²) in [5.74, 6) is -0.306. The molecule has 100 valence electrons. The van der Waals surface area contributed by atoms with Crippen LogP contribution in [0, 0.1) is 5.82 Å². The molecule has 0 radical (unpaired) electrons. The number of nitrogens with two attached hydrogens (primary N) is 1. The molecule has 0 saturated carbocycles. The molecule has 2 nitrogen and oxygen atoms in total. The van der Waals surface area contributed by atoms with Gasteiger partial charge in [0.1, 0.15) is 5.82 Å². The van der Waals surface area contributed by atoms with E-state index in [0.29, 0.717) is 15.8 Å². The van der Waals surface area contributed by atoms with Gasteiger partial charge < -0.3 is 11.1 Å². The van der Waals surface area contributed by atoms with Gasteiger partial charge in [0, 0.05) is 12.6 Å². The second-order valence-corrected chi connectivity index (χ2v) is 5.22. The number of hydrogen-bond acceptors (Lipinski definition) is 2. The molecule has 0 saturated heterocycles. The number of aryl methyl sites for hydroxylation is 1. The van der Waals surface area contributed by atoms with Gasteiger partial charge in [0.25, 0.3) is 0 Å². The van der Waals surface area contributed by atoms with Crippen molar-refractivity contribution in [2.45, 2.75) is 12.8 Å².